The Kier molecular flexibility index (Phi) is 8.18. The minimum atomic E-state index is -3.82. The number of ether oxygens (including phenoxy) is 4. The topological polar surface area (TPSA) is 112 Å². The molecule has 0 radical (unpaired) electrons. The summed E-state index contributed by atoms with van der Waals surface area (Å²) in [5.41, 5.74) is 0.466. The van der Waals surface area contributed by atoms with Gasteiger partial charge in [0, 0.05) is 31.5 Å². The largest absolute Gasteiger partial charge is 0.494 e. The van der Waals surface area contributed by atoms with E-state index in [1.54, 1.807) is 24.3 Å². The first-order chi connectivity index (χ1) is 15.4. The lowest BCUT2D eigenvalue weighted by Crippen LogP contribution is -2.28. The van der Waals surface area contributed by atoms with Crippen LogP contribution < -0.4 is 29.0 Å². The number of nitrogens with one attached hydrogen (secondary N) is 2. The molecule has 174 valence electrons. The highest BCUT2D eigenvalue weighted by Gasteiger charge is 2.19. The molecule has 0 aromatic heterocycles. The van der Waals surface area contributed by atoms with Gasteiger partial charge in [-0.1, -0.05) is 0 Å². The van der Waals surface area contributed by atoms with E-state index < -0.39 is 10.0 Å². The lowest BCUT2D eigenvalue weighted by Gasteiger charge is -2.14. The van der Waals surface area contributed by atoms with Crippen molar-refractivity contribution in [2.24, 2.45) is 0 Å². The van der Waals surface area contributed by atoms with Crippen LogP contribution in [0, 0.1) is 0 Å². The molecule has 2 aromatic rings. The van der Waals surface area contributed by atoms with Crippen molar-refractivity contribution in [2.45, 2.75) is 31.6 Å². The fourth-order valence-corrected chi connectivity index (χ4v) is 4.10. The first kappa shape index (κ1) is 23.7. The molecule has 0 bridgehead atoms. The molecule has 0 spiro atoms. The molecule has 0 aliphatic carbocycles. The Morgan fingerprint density at radius 1 is 1.00 bits per heavy atom. The van der Waals surface area contributed by atoms with E-state index in [4.69, 9.17) is 18.9 Å². The number of hydrogen-bond donors (Lipinski definition) is 2. The van der Waals surface area contributed by atoms with E-state index in [2.05, 4.69) is 10.0 Å². The number of sulfonamides is 1. The van der Waals surface area contributed by atoms with E-state index in [1.807, 2.05) is 13.8 Å². The summed E-state index contributed by atoms with van der Waals surface area (Å²) in [6.07, 6.45) is 0.664. The Morgan fingerprint density at radius 3 is 2.50 bits per heavy atom. The summed E-state index contributed by atoms with van der Waals surface area (Å²) < 4.78 is 49.8. The second kappa shape index (κ2) is 11.1. The summed E-state index contributed by atoms with van der Waals surface area (Å²) in [5.74, 6) is 1.65. The summed E-state index contributed by atoms with van der Waals surface area (Å²) in [6, 6.07) is 9.60. The second-order valence-corrected chi connectivity index (χ2v) is 8.65. The minimum Gasteiger partial charge on any atom is -0.494 e. The maximum absolute atomic E-state index is 12.6. The monoisotopic (exact) mass is 464 g/mol. The molecule has 10 heteroatoms. The van der Waals surface area contributed by atoms with Crippen LogP contribution in [0.1, 0.15) is 26.7 Å². The summed E-state index contributed by atoms with van der Waals surface area (Å²) in [4.78, 5) is 12.5. The van der Waals surface area contributed by atoms with Crippen molar-refractivity contribution in [1.82, 2.24) is 4.72 Å². The zero-order valence-electron chi connectivity index (χ0n) is 18.2. The van der Waals surface area contributed by atoms with Crippen LogP contribution in [0.3, 0.4) is 0 Å². The van der Waals surface area contributed by atoms with E-state index in [0.29, 0.717) is 55.1 Å². The van der Waals surface area contributed by atoms with Gasteiger partial charge in [0.25, 0.3) is 0 Å². The summed E-state index contributed by atoms with van der Waals surface area (Å²) >= 11 is 0. The highest BCUT2D eigenvalue weighted by molar-refractivity contribution is 7.89. The van der Waals surface area contributed by atoms with Gasteiger partial charge >= 0.3 is 0 Å². The lowest BCUT2D eigenvalue weighted by atomic mass is 10.2. The lowest BCUT2D eigenvalue weighted by molar-refractivity contribution is -0.116. The molecule has 0 saturated heterocycles. The van der Waals surface area contributed by atoms with Gasteiger partial charge in [-0.25, -0.2) is 13.1 Å². The molecule has 9 nitrogen and oxygen atoms in total. The fraction of sp³-hybridized carbons (Fsp3) is 0.409. The Morgan fingerprint density at radius 2 is 1.75 bits per heavy atom. The van der Waals surface area contributed by atoms with Crippen LogP contribution in [-0.2, 0) is 14.8 Å². The normalized spacial score (nSPS) is 13.2. The van der Waals surface area contributed by atoms with Crippen LogP contribution in [0.4, 0.5) is 5.69 Å². The van der Waals surface area contributed by atoms with Crippen LogP contribution in [0.5, 0.6) is 23.0 Å². The van der Waals surface area contributed by atoms with E-state index in [0.717, 1.165) is 6.42 Å². The van der Waals surface area contributed by atoms with Gasteiger partial charge in [-0.05, 0) is 38.1 Å². The highest BCUT2D eigenvalue weighted by Crippen LogP contribution is 2.32. The average molecular weight is 465 g/mol. The van der Waals surface area contributed by atoms with Crippen molar-refractivity contribution in [3.8, 4) is 23.0 Å². The van der Waals surface area contributed by atoms with Crippen molar-refractivity contribution in [3.63, 3.8) is 0 Å². The number of hydrogen-bond acceptors (Lipinski definition) is 7. The number of benzene rings is 2. The third kappa shape index (κ3) is 6.27. The first-order valence-electron chi connectivity index (χ1n) is 10.5. The Bertz CT molecular complexity index is 1040. The quantitative estimate of drug-likeness (QED) is 0.556. The highest BCUT2D eigenvalue weighted by atomic mass is 32.2. The molecule has 0 saturated carbocycles. The third-order valence-electron chi connectivity index (χ3n) is 4.51. The Hall–Kier alpha value is -2.98. The molecule has 3 rings (SSSR count). The summed E-state index contributed by atoms with van der Waals surface area (Å²) in [5, 5.41) is 2.75. The molecule has 32 heavy (non-hydrogen) atoms. The van der Waals surface area contributed by atoms with Crippen LogP contribution in [-0.4, -0.2) is 47.3 Å². The van der Waals surface area contributed by atoms with Crippen molar-refractivity contribution in [2.75, 3.05) is 38.3 Å². The molecule has 1 aliphatic rings. The SMILES string of the molecule is CCOc1ccc(OCC)c(NC(=O)CCNS(=O)(=O)c2ccc3c(c2)OCCCO3)c1. The fourth-order valence-electron chi connectivity index (χ4n) is 3.05. The standard InChI is InChI=1S/C22H28N2O7S/c1-3-28-16-6-8-19(29-4-2)18(14-16)24-22(25)10-11-23-32(26,27)17-7-9-20-21(15-17)31-13-5-12-30-20/h6-9,14-15,23H,3-5,10-13H2,1-2H3,(H,24,25). The van der Waals surface area contributed by atoms with Gasteiger partial charge in [0.1, 0.15) is 11.5 Å². The Labute approximate surface area is 188 Å². The average Bonchev–Trinajstić information content (AvgIpc) is 3.00. The predicted molar refractivity (Wildman–Crippen MR) is 119 cm³/mol. The number of carbonyl (C=O) groups is 1. The van der Waals surface area contributed by atoms with Crippen LogP contribution >= 0.6 is 0 Å². The number of amides is 1. The molecule has 2 aromatic carbocycles. The molecule has 2 N–H and O–H groups in total. The molecule has 0 fully saturated rings. The maximum atomic E-state index is 12.6. The molecule has 0 unspecified atom stereocenters. The second-order valence-electron chi connectivity index (χ2n) is 6.88. The smallest absolute Gasteiger partial charge is 0.240 e. The van der Waals surface area contributed by atoms with Crippen molar-refractivity contribution in [1.29, 1.82) is 0 Å². The van der Waals surface area contributed by atoms with Gasteiger partial charge in [-0.15, -0.1) is 0 Å². The number of carbonyl (C=O) groups excluding carboxylic acids is 1. The Balaban J connectivity index is 1.59. The molecule has 1 heterocycles. The molecule has 1 aliphatic heterocycles. The molecular weight excluding hydrogens is 436 g/mol. The van der Waals surface area contributed by atoms with E-state index >= 15 is 0 Å². The van der Waals surface area contributed by atoms with Crippen LogP contribution in [0.25, 0.3) is 0 Å². The number of anilines is 1. The minimum absolute atomic E-state index is 0.0465. The molecular formula is C22H28N2O7S. The molecule has 0 atom stereocenters. The van der Waals surface area contributed by atoms with Gasteiger partial charge in [-0.3, -0.25) is 4.79 Å². The van der Waals surface area contributed by atoms with Crippen molar-refractivity contribution < 1.29 is 32.2 Å². The van der Waals surface area contributed by atoms with Crippen molar-refractivity contribution in [3.05, 3.63) is 36.4 Å². The van der Waals surface area contributed by atoms with Gasteiger partial charge in [-0.2, -0.15) is 0 Å². The zero-order valence-corrected chi connectivity index (χ0v) is 19.0. The zero-order chi connectivity index (χ0) is 23.0. The van der Waals surface area contributed by atoms with Gasteiger partial charge in [0.15, 0.2) is 11.5 Å². The van der Waals surface area contributed by atoms with E-state index in [1.165, 1.54) is 12.1 Å². The van der Waals surface area contributed by atoms with Crippen LogP contribution in [0.15, 0.2) is 41.3 Å². The van der Waals surface area contributed by atoms with Crippen LogP contribution in [0.2, 0.25) is 0 Å². The van der Waals surface area contributed by atoms with Gasteiger partial charge < -0.3 is 24.3 Å². The summed E-state index contributed by atoms with van der Waals surface area (Å²) in [6.45, 7) is 5.54. The maximum Gasteiger partial charge on any atom is 0.240 e. The number of fused-ring (bicyclic) bond motifs is 1. The van der Waals surface area contributed by atoms with Gasteiger partial charge in [0.2, 0.25) is 15.9 Å². The first-order valence-corrected chi connectivity index (χ1v) is 12.0. The van der Waals surface area contributed by atoms with E-state index in [-0.39, 0.29) is 23.8 Å². The van der Waals surface area contributed by atoms with Gasteiger partial charge in [0.05, 0.1) is 37.0 Å². The predicted octanol–water partition coefficient (Wildman–Crippen LogP) is 2.95. The van der Waals surface area contributed by atoms with Crippen molar-refractivity contribution >= 4 is 21.6 Å². The third-order valence-corrected chi connectivity index (χ3v) is 5.97. The van der Waals surface area contributed by atoms with E-state index in [9.17, 15) is 13.2 Å². The summed E-state index contributed by atoms with van der Waals surface area (Å²) in [7, 11) is -3.82. The number of rotatable bonds is 10. The molecule has 1 amide bonds.